The quantitative estimate of drug-likeness (QED) is 0.668. The van der Waals surface area contributed by atoms with Gasteiger partial charge in [0.2, 0.25) is 0 Å². The van der Waals surface area contributed by atoms with Crippen LogP contribution in [0.5, 0.6) is 0 Å². The van der Waals surface area contributed by atoms with Gasteiger partial charge in [-0.1, -0.05) is 18.2 Å². The molecule has 5 heteroatoms. The van der Waals surface area contributed by atoms with E-state index in [2.05, 4.69) is 50.8 Å². The summed E-state index contributed by atoms with van der Waals surface area (Å²) in [5.74, 6) is 0. The monoisotopic (exact) mass is 347 g/mol. The number of anilines is 1. The van der Waals surface area contributed by atoms with Gasteiger partial charge in [0, 0.05) is 62.1 Å². The van der Waals surface area contributed by atoms with Gasteiger partial charge in [0.25, 0.3) is 0 Å². The van der Waals surface area contributed by atoms with Crippen LogP contribution in [0.15, 0.2) is 55.0 Å². The lowest BCUT2D eigenvalue weighted by atomic mass is 10.1. The molecule has 5 nitrogen and oxygen atoms in total. The number of aryl methyl sites for hydroxylation is 1. The highest BCUT2D eigenvalue weighted by Gasteiger charge is 2.17. The minimum absolute atomic E-state index is 0.835. The van der Waals surface area contributed by atoms with E-state index in [1.165, 1.54) is 23.2 Å². The van der Waals surface area contributed by atoms with Gasteiger partial charge < -0.3 is 10.2 Å². The third-order valence-electron chi connectivity index (χ3n) is 4.94. The van der Waals surface area contributed by atoms with Crippen LogP contribution < -0.4 is 10.2 Å². The van der Waals surface area contributed by atoms with E-state index >= 15 is 0 Å². The lowest BCUT2D eigenvalue weighted by Gasteiger charge is -2.19. The van der Waals surface area contributed by atoms with Crippen molar-refractivity contribution in [2.24, 2.45) is 7.05 Å². The molecule has 134 valence electrons. The molecular formula is C21H25N5. The van der Waals surface area contributed by atoms with E-state index in [1.54, 1.807) is 0 Å². The highest BCUT2D eigenvalue weighted by molar-refractivity contribution is 5.62. The normalized spacial score (nSPS) is 13.2. The zero-order chi connectivity index (χ0) is 17.8. The second-order valence-corrected chi connectivity index (χ2v) is 6.81. The first-order valence-electron chi connectivity index (χ1n) is 9.28. The minimum Gasteiger partial charge on any atom is -0.371 e. The molecule has 2 aromatic heterocycles. The lowest BCUT2D eigenvalue weighted by molar-refractivity contribution is 0.638. The zero-order valence-corrected chi connectivity index (χ0v) is 15.2. The van der Waals surface area contributed by atoms with Gasteiger partial charge in [-0.25, -0.2) is 0 Å². The van der Waals surface area contributed by atoms with Gasteiger partial charge >= 0.3 is 0 Å². The van der Waals surface area contributed by atoms with Crippen LogP contribution >= 0.6 is 0 Å². The minimum atomic E-state index is 0.835. The Morgan fingerprint density at radius 1 is 1.12 bits per heavy atom. The standard InChI is InChI=1S/C21H25N5/c1-25-16-19(21(24-25)18-7-11-22-12-8-18)15-23-10-4-13-26-14-9-17-5-2-3-6-20(17)26/h2-3,5-8,11-12,16,23H,4,9-10,13-15H2,1H3. The number of aromatic nitrogens is 3. The molecule has 0 amide bonds. The summed E-state index contributed by atoms with van der Waals surface area (Å²) in [6, 6.07) is 12.8. The van der Waals surface area contributed by atoms with E-state index < -0.39 is 0 Å². The van der Waals surface area contributed by atoms with Crippen molar-refractivity contribution in [1.82, 2.24) is 20.1 Å². The maximum Gasteiger partial charge on any atom is 0.0969 e. The number of fused-ring (bicyclic) bond motifs is 1. The van der Waals surface area contributed by atoms with Gasteiger partial charge in [0.15, 0.2) is 0 Å². The summed E-state index contributed by atoms with van der Waals surface area (Å²) < 4.78 is 1.88. The predicted octanol–water partition coefficient (Wildman–Crippen LogP) is 3.02. The lowest BCUT2D eigenvalue weighted by Crippen LogP contribution is -2.25. The van der Waals surface area contributed by atoms with Crippen molar-refractivity contribution >= 4 is 5.69 Å². The molecular weight excluding hydrogens is 322 g/mol. The number of para-hydroxylation sites is 1. The van der Waals surface area contributed by atoms with Crippen LogP contribution in [0, 0.1) is 0 Å². The number of nitrogens with one attached hydrogen (secondary N) is 1. The number of pyridine rings is 1. The Hall–Kier alpha value is -2.66. The first kappa shape index (κ1) is 16.8. The molecule has 0 spiro atoms. The first-order valence-corrected chi connectivity index (χ1v) is 9.28. The van der Waals surface area contributed by atoms with Gasteiger partial charge in [-0.2, -0.15) is 5.10 Å². The van der Waals surface area contributed by atoms with E-state index in [1.807, 2.05) is 36.3 Å². The molecule has 1 aliphatic heterocycles. The van der Waals surface area contributed by atoms with Crippen molar-refractivity contribution in [3.05, 3.63) is 66.1 Å². The van der Waals surface area contributed by atoms with Crippen LogP contribution in [-0.2, 0) is 20.0 Å². The van der Waals surface area contributed by atoms with Crippen LogP contribution in [0.1, 0.15) is 17.5 Å². The van der Waals surface area contributed by atoms with E-state index in [9.17, 15) is 0 Å². The van der Waals surface area contributed by atoms with Gasteiger partial charge in [0.1, 0.15) is 0 Å². The predicted molar refractivity (Wildman–Crippen MR) is 105 cm³/mol. The maximum atomic E-state index is 4.61. The average Bonchev–Trinajstić information content (AvgIpc) is 3.26. The van der Waals surface area contributed by atoms with Crippen LogP contribution in [0.25, 0.3) is 11.3 Å². The summed E-state index contributed by atoms with van der Waals surface area (Å²) in [5.41, 5.74) is 6.28. The van der Waals surface area contributed by atoms with Crippen molar-refractivity contribution in [2.45, 2.75) is 19.4 Å². The fourth-order valence-corrected chi connectivity index (χ4v) is 3.68. The summed E-state index contributed by atoms with van der Waals surface area (Å²) in [7, 11) is 1.97. The van der Waals surface area contributed by atoms with Gasteiger partial charge in [-0.15, -0.1) is 0 Å². The summed E-state index contributed by atoms with van der Waals surface area (Å²) in [6.45, 7) is 4.09. The number of nitrogens with zero attached hydrogens (tertiary/aromatic N) is 4. The smallest absolute Gasteiger partial charge is 0.0969 e. The van der Waals surface area contributed by atoms with E-state index in [0.717, 1.165) is 43.9 Å². The molecule has 0 radical (unpaired) electrons. The molecule has 4 rings (SSSR count). The number of benzene rings is 1. The molecule has 0 aliphatic carbocycles. The molecule has 0 fully saturated rings. The molecule has 0 bridgehead atoms. The number of rotatable bonds is 7. The molecule has 0 atom stereocenters. The van der Waals surface area contributed by atoms with Crippen LogP contribution in [0.3, 0.4) is 0 Å². The Bertz CT molecular complexity index is 856. The second kappa shape index (κ2) is 7.70. The van der Waals surface area contributed by atoms with Gasteiger partial charge in [0.05, 0.1) is 5.69 Å². The van der Waals surface area contributed by atoms with Crippen molar-refractivity contribution in [3.63, 3.8) is 0 Å². The Morgan fingerprint density at radius 2 is 1.96 bits per heavy atom. The molecule has 0 saturated heterocycles. The zero-order valence-electron chi connectivity index (χ0n) is 15.2. The Balaban J connectivity index is 1.29. The molecule has 1 aromatic carbocycles. The molecule has 0 saturated carbocycles. The summed E-state index contributed by atoms with van der Waals surface area (Å²) in [4.78, 5) is 6.60. The summed E-state index contributed by atoms with van der Waals surface area (Å²) >= 11 is 0. The Morgan fingerprint density at radius 3 is 2.85 bits per heavy atom. The number of hydrogen-bond acceptors (Lipinski definition) is 4. The van der Waals surface area contributed by atoms with Crippen molar-refractivity contribution in [2.75, 3.05) is 24.5 Å². The van der Waals surface area contributed by atoms with Crippen LogP contribution in [0.4, 0.5) is 5.69 Å². The molecule has 1 N–H and O–H groups in total. The van der Waals surface area contributed by atoms with Crippen LogP contribution in [-0.4, -0.2) is 34.4 Å². The molecule has 0 unspecified atom stereocenters. The van der Waals surface area contributed by atoms with E-state index in [4.69, 9.17) is 0 Å². The number of hydrogen-bond donors (Lipinski definition) is 1. The third-order valence-corrected chi connectivity index (χ3v) is 4.94. The van der Waals surface area contributed by atoms with Crippen molar-refractivity contribution in [3.8, 4) is 11.3 Å². The second-order valence-electron chi connectivity index (χ2n) is 6.81. The fraction of sp³-hybridized carbons (Fsp3) is 0.333. The first-order chi connectivity index (χ1) is 12.8. The molecule has 3 heterocycles. The summed E-state index contributed by atoms with van der Waals surface area (Å²) in [6.07, 6.45) is 8.04. The van der Waals surface area contributed by atoms with E-state index in [0.29, 0.717) is 0 Å². The third kappa shape index (κ3) is 3.63. The highest BCUT2D eigenvalue weighted by atomic mass is 15.3. The van der Waals surface area contributed by atoms with Crippen molar-refractivity contribution in [1.29, 1.82) is 0 Å². The topological polar surface area (TPSA) is 46.0 Å². The average molecular weight is 347 g/mol. The largest absolute Gasteiger partial charge is 0.371 e. The molecule has 3 aromatic rings. The van der Waals surface area contributed by atoms with Gasteiger partial charge in [-0.05, 0) is 43.1 Å². The van der Waals surface area contributed by atoms with Crippen molar-refractivity contribution < 1.29 is 0 Å². The molecule has 1 aliphatic rings. The summed E-state index contributed by atoms with van der Waals surface area (Å²) in [5, 5.41) is 8.19. The highest BCUT2D eigenvalue weighted by Crippen LogP contribution is 2.27. The Kier molecular flexibility index (Phi) is 4.97. The van der Waals surface area contributed by atoms with Gasteiger partial charge in [-0.3, -0.25) is 9.67 Å². The van der Waals surface area contributed by atoms with E-state index in [-0.39, 0.29) is 0 Å². The van der Waals surface area contributed by atoms with Crippen LogP contribution in [0.2, 0.25) is 0 Å². The molecule has 26 heavy (non-hydrogen) atoms. The maximum absolute atomic E-state index is 4.61. The Labute approximate surface area is 154 Å². The fourth-order valence-electron chi connectivity index (χ4n) is 3.68. The SMILES string of the molecule is Cn1cc(CNCCCN2CCc3ccccc32)c(-c2ccncc2)n1.